The molecule has 2 N–H and O–H groups in total. The molecule has 2 aromatic carbocycles. The number of carbonyl (C=O) groups is 1. The molecule has 1 amide bonds. The summed E-state index contributed by atoms with van der Waals surface area (Å²) in [6, 6.07) is 14.7. The van der Waals surface area contributed by atoms with E-state index < -0.39 is 10.0 Å². The minimum absolute atomic E-state index is 0.158. The van der Waals surface area contributed by atoms with Crippen molar-refractivity contribution in [2.24, 2.45) is 0 Å². The maximum absolute atomic E-state index is 12.6. The van der Waals surface area contributed by atoms with Crippen molar-refractivity contribution < 1.29 is 13.2 Å². The zero-order chi connectivity index (χ0) is 21.7. The molecule has 1 aliphatic rings. The fourth-order valence-corrected chi connectivity index (χ4v) is 5.09. The number of nitrogens with one attached hydrogen (secondary N) is 2. The second-order valence-corrected chi connectivity index (χ2v) is 9.78. The monoisotopic (exact) mass is 429 g/mol. The average Bonchev–Trinajstić information content (AvgIpc) is 2.73. The first-order valence-electron chi connectivity index (χ1n) is 10.5. The number of carbonyl (C=O) groups excluding carboxylic acids is 1. The van der Waals surface area contributed by atoms with E-state index in [2.05, 4.69) is 46.1 Å². The van der Waals surface area contributed by atoms with Gasteiger partial charge in [-0.15, -0.1) is 0 Å². The van der Waals surface area contributed by atoms with Crippen LogP contribution in [0.4, 0.5) is 0 Å². The number of benzene rings is 2. The van der Waals surface area contributed by atoms with Crippen molar-refractivity contribution >= 4 is 15.9 Å². The molecule has 3 rings (SSSR count). The fourth-order valence-electron chi connectivity index (χ4n) is 3.84. The fraction of sp³-hybridized carbons (Fsp3) is 0.435. The van der Waals surface area contributed by atoms with Gasteiger partial charge in [0.15, 0.2) is 0 Å². The molecule has 0 spiro atoms. The molecule has 1 aliphatic heterocycles. The van der Waals surface area contributed by atoms with Gasteiger partial charge < -0.3 is 5.32 Å². The molecular weight excluding hydrogens is 398 g/mol. The summed E-state index contributed by atoms with van der Waals surface area (Å²) in [7, 11) is -3.56. The van der Waals surface area contributed by atoms with Gasteiger partial charge in [0.1, 0.15) is 0 Å². The Kier molecular flexibility index (Phi) is 7.28. The topological polar surface area (TPSA) is 78.5 Å². The van der Waals surface area contributed by atoms with Crippen molar-refractivity contribution in [2.75, 3.05) is 13.1 Å². The Morgan fingerprint density at radius 1 is 1.07 bits per heavy atom. The van der Waals surface area contributed by atoms with Gasteiger partial charge in [0.2, 0.25) is 10.0 Å². The van der Waals surface area contributed by atoms with Crippen LogP contribution in [0.25, 0.3) is 0 Å². The molecule has 1 atom stereocenters. The second-order valence-electron chi connectivity index (χ2n) is 8.06. The van der Waals surface area contributed by atoms with E-state index in [-0.39, 0.29) is 22.9 Å². The second kappa shape index (κ2) is 9.73. The first-order valence-corrected chi connectivity index (χ1v) is 12.0. The molecular formula is C23H31N3O3S. The summed E-state index contributed by atoms with van der Waals surface area (Å²) in [4.78, 5) is 15.2. The highest BCUT2D eigenvalue weighted by Gasteiger charge is 2.23. The molecule has 0 radical (unpaired) electrons. The molecule has 6 nitrogen and oxygen atoms in total. The van der Waals surface area contributed by atoms with Gasteiger partial charge >= 0.3 is 0 Å². The largest absolute Gasteiger partial charge is 0.350 e. The summed E-state index contributed by atoms with van der Waals surface area (Å²) in [6.07, 6.45) is 1.97. The Balaban J connectivity index is 1.59. The van der Waals surface area contributed by atoms with Crippen molar-refractivity contribution in [1.82, 2.24) is 14.9 Å². The highest BCUT2D eigenvalue weighted by Crippen LogP contribution is 2.21. The molecule has 0 aromatic heterocycles. The third-order valence-electron chi connectivity index (χ3n) is 5.46. The van der Waals surface area contributed by atoms with E-state index in [1.807, 2.05) is 0 Å². The van der Waals surface area contributed by atoms with Crippen LogP contribution in [0.3, 0.4) is 0 Å². The van der Waals surface area contributed by atoms with Crippen LogP contribution in [-0.2, 0) is 23.0 Å². The first kappa shape index (κ1) is 22.5. The Morgan fingerprint density at radius 3 is 2.37 bits per heavy atom. The molecule has 30 heavy (non-hydrogen) atoms. The highest BCUT2D eigenvalue weighted by atomic mass is 32.2. The van der Waals surface area contributed by atoms with E-state index in [0.29, 0.717) is 12.1 Å². The third kappa shape index (κ3) is 5.47. The number of hydrogen-bond acceptors (Lipinski definition) is 4. The van der Waals surface area contributed by atoms with E-state index in [1.54, 1.807) is 26.0 Å². The van der Waals surface area contributed by atoms with E-state index in [9.17, 15) is 13.2 Å². The predicted octanol–water partition coefficient (Wildman–Crippen LogP) is 2.94. The summed E-state index contributed by atoms with van der Waals surface area (Å²) in [5.74, 6) is -0.188. The van der Waals surface area contributed by atoms with Crippen molar-refractivity contribution in [3.05, 3.63) is 65.2 Å². The van der Waals surface area contributed by atoms with Crippen LogP contribution in [-0.4, -0.2) is 44.4 Å². The van der Waals surface area contributed by atoms with Crippen LogP contribution >= 0.6 is 0 Å². The smallest absolute Gasteiger partial charge is 0.251 e. The number of rotatable bonds is 8. The number of sulfonamides is 1. The highest BCUT2D eigenvalue weighted by molar-refractivity contribution is 7.89. The minimum atomic E-state index is -3.56. The van der Waals surface area contributed by atoms with Gasteiger partial charge in [0.05, 0.1) is 4.90 Å². The molecule has 1 heterocycles. The molecule has 0 aliphatic carbocycles. The van der Waals surface area contributed by atoms with Crippen LogP contribution in [0.2, 0.25) is 0 Å². The van der Waals surface area contributed by atoms with Crippen molar-refractivity contribution in [3.63, 3.8) is 0 Å². The molecule has 0 saturated heterocycles. The maximum atomic E-state index is 12.6. The molecule has 0 saturated carbocycles. The van der Waals surface area contributed by atoms with Crippen molar-refractivity contribution in [2.45, 2.75) is 57.1 Å². The summed E-state index contributed by atoms with van der Waals surface area (Å²) < 4.78 is 27.0. The molecule has 2 aromatic rings. The molecule has 1 unspecified atom stereocenters. The predicted molar refractivity (Wildman–Crippen MR) is 119 cm³/mol. The van der Waals surface area contributed by atoms with Gasteiger partial charge in [-0.1, -0.05) is 31.2 Å². The Hall–Kier alpha value is -2.22. The Labute approximate surface area is 179 Å². The number of amides is 1. The summed E-state index contributed by atoms with van der Waals surface area (Å²) in [5.41, 5.74) is 3.23. The summed E-state index contributed by atoms with van der Waals surface area (Å²) >= 11 is 0. The van der Waals surface area contributed by atoms with Gasteiger partial charge in [-0.2, -0.15) is 0 Å². The van der Waals surface area contributed by atoms with Crippen LogP contribution in [0.1, 0.15) is 48.7 Å². The van der Waals surface area contributed by atoms with Gasteiger partial charge in [-0.05, 0) is 62.1 Å². The quantitative estimate of drug-likeness (QED) is 0.676. The minimum Gasteiger partial charge on any atom is -0.350 e. The Morgan fingerprint density at radius 2 is 1.73 bits per heavy atom. The Bertz CT molecular complexity index is 971. The zero-order valence-corrected chi connectivity index (χ0v) is 18.7. The summed E-state index contributed by atoms with van der Waals surface area (Å²) in [5, 5.41) is 3.02. The SMILES string of the molecule is CCC(CNC(=O)c1ccc(S(=O)(=O)NC(C)C)cc1)N1CCc2ccccc2C1. The van der Waals surface area contributed by atoms with Crippen molar-refractivity contribution in [1.29, 1.82) is 0 Å². The lowest BCUT2D eigenvalue weighted by Gasteiger charge is -2.35. The van der Waals surface area contributed by atoms with Crippen molar-refractivity contribution in [3.8, 4) is 0 Å². The lowest BCUT2D eigenvalue weighted by molar-refractivity contribution is 0.0926. The molecule has 162 valence electrons. The van der Waals surface area contributed by atoms with Crippen LogP contribution in [0.5, 0.6) is 0 Å². The van der Waals surface area contributed by atoms with Gasteiger partial charge in [0, 0.05) is 37.3 Å². The number of hydrogen-bond donors (Lipinski definition) is 2. The zero-order valence-electron chi connectivity index (χ0n) is 17.9. The van der Waals surface area contributed by atoms with Crippen LogP contribution < -0.4 is 10.0 Å². The molecule has 0 fully saturated rings. The van der Waals surface area contributed by atoms with E-state index >= 15 is 0 Å². The van der Waals surface area contributed by atoms with Crippen LogP contribution in [0, 0.1) is 0 Å². The van der Waals surface area contributed by atoms with E-state index in [1.165, 1.54) is 23.3 Å². The average molecular weight is 430 g/mol. The van der Waals surface area contributed by atoms with Crippen LogP contribution in [0.15, 0.2) is 53.4 Å². The van der Waals surface area contributed by atoms with Gasteiger partial charge in [-0.25, -0.2) is 13.1 Å². The van der Waals surface area contributed by atoms with Gasteiger partial charge in [-0.3, -0.25) is 9.69 Å². The van der Waals surface area contributed by atoms with E-state index in [0.717, 1.165) is 25.9 Å². The van der Waals surface area contributed by atoms with E-state index in [4.69, 9.17) is 0 Å². The number of nitrogens with zero attached hydrogens (tertiary/aromatic N) is 1. The molecule has 0 bridgehead atoms. The lowest BCUT2D eigenvalue weighted by atomic mass is 9.98. The third-order valence-corrected chi connectivity index (χ3v) is 7.14. The standard InChI is InChI=1S/C23H31N3O3S/c1-4-21(26-14-13-18-7-5-6-8-20(18)16-26)15-24-23(27)19-9-11-22(12-10-19)30(28,29)25-17(2)3/h5-12,17,21,25H,4,13-16H2,1-3H3,(H,24,27). The first-order chi connectivity index (χ1) is 14.3. The summed E-state index contributed by atoms with van der Waals surface area (Å²) in [6.45, 7) is 8.13. The number of fused-ring (bicyclic) bond motifs is 1. The molecule has 7 heteroatoms. The maximum Gasteiger partial charge on any atom is 0.251 e. The normalized spacial score (nSPS) is 15.6. The van der Waals surface area contributed by atoms with Gasteiger partial charge in [0.25, 0.3) is 5.91 Å². The lowest BCUT2D eigenvalue weighted by Crippen LogP contribution is -2.45.